The van der Waals surface area contributed by atoms with E-state index in [-0.39, 0.29) is 24.0 Å². The molecule has 2 N–H and O–H groups in total. The van der Waals surface area contributed by atoms with Gasteiger partial charge in [-0.25, -0.2) is 4.79 Å². The normalized spacial score (nSPS) is 26.4. The first-order chi connectivity index (χ1) is 8.56. The highest BCUT2D eigenvalue weighted by Gasteiger charge is 2.28. The molecule has 1 aliphatic heterocycles. The molecule has 1 saturated heterocycles. The van der Waals surface area contributed by atoms with Crippen molar-refractivity contribution in [2.75, 3.05) is 13.1 Å². The zero-order chi connectivity index (χ0) is 13.1. The fraction of sp³-hybridized carbons (Fsp3) is 0.846. The summed E-state index contributed by atoms with van der Waals surface area (Å²) in [6.07, 6.45) is 4.42. The van der Waals surface area contributed by atoms with Gasteiger partial charge in [0.2, 0.25) is 5.91 Å². The third-order valence-corrected chi connectivity index (χ3v) is 3.76. The number of nitrogens with zero attached hydrogens (tertiary/aromatic N) is 1. The summed E-state index contributed by atoms with van der Waals surface area (Å²) in [7, 11) is 0. The molecule has 18 heavy (non-hydrogen) atoms. The van der Waals surface area contributed by atoms with Crippen LogP contribution >= 0.6 is 0 Å². The topological polar surface area (TPSA) is 61.4 Å². The van der Waals surface area contributed by atoms with Crippen LogP contribution in [-0.4, -0.2) is 42.0 Å². The number of carbonyl (C=O) groups excluding carboxylic acids is 2. The Morgan fingerprint density at radius 1 is 1.28 bits per heavy atom. The van der Waals surface area contributed by atoms with E-state index in [1.807, 2.05) is 6.92 Å². The quantitative estimate of drug-likeness (QED) is 0.791. The van der Waals surface area contributed by atoms with Crippen molar-refractivity contribution in [3.05, 3.63) is 0 Å². The molecule has 0 spiro atoms. The van der Waals surface area contributed by atoms with Gasteiger partial charge in [0.15, 0.2) is 0 Å². The number of likely N-dealkylation sites (tertiary alicyclic amines) is 1. The Morgan fingerprint density at radius 3 is 2.61 bits per heavy atom. The number of amides is 3. The van der Waals surface area contributed by atoms with E-state index < -0.39 is 0 Å². The van der Waals surface area contributed by atoms with Crippen LogP contribution < -0.4 is 10.6 Å². The van der Waals surface area contributed by atoms with Gasteiger partial charge in [-0.1, -0.05) is 6.92 Å². The lowest BCUT2D eigenvalue weighted by molar-refractivity contribution is -0.125. The second kappa shape index (κ2) is 5.69. The molecular weight excluding hydrogens is 230 g/mol. The number of hydrogen-bond donors (Lipinski definition) is 2. The zero-order valence-electron chi connectivity index (χ0n) is 11.2. The Morgan fingerprint density at radius 2 is 2.00 bits per heavy atom. The number of urea groups is 1. The number of hydrogen-bond acceptors (Lipinski definition) is 3. The van der Waals surface area contributed by atoms with Crippen LogP contribution in [0.1, 0.15) is 39.5 Å². The average molecular weight is 253 g/mol. The molecule has 2 unspecified atom stereocenters. The molecular formula is C13H23N3O2. The van der Waals surface area contributed by atoms with E-state index in [0.29, 0.717) is 5.92 Å². The Bertz CT molecular complexity index is 328. The van der Waals surface area contributed by atoms with E-state index in [1.54, 1.807) is 0 Å². The molecule has 1 heterocycles. The summed E-state index contributed by atoms with van der Waals surface area (Å²) in [4.78, 5) is 25.6. The summed E-state index contributed by atoms with van der Waals surface area (Å²) in [5, 5.41) is 5.19. The minimum atomic E-state index is -0.348. The maximum atomic E-state index is 11.9. The smallest absolute Gasteiger partial charge is 0.321 e. The van der Waals surface area contributed by atoms with Crippen molar-refractivity contribution in [3.63, 3.8) is 0 Å². The third kappa shape index (κ3) is 3.70. The molecule has 2 fully saturated rings. The highest BCUT2D eigenvalue weighted by Crippen LogP contribution is 2.19. The molecule has 5 heteroatoms. The van der Waals surface area contributed by atoms with Crippen molar-refractivity contribution in [3.8, 4) is 0 Å². The van der Waals surface area contributed by atoms with Crippen LogP contribution in [0.3, 0.4) is 0 Å². The van der Waals surface area contributed by atoms with Crippen LogP contribution in [-0.2, 0) is 4.79 Å². The van der Waals surface area contributed by atoms with E-state index in [0.717, 1.165) is 32.4 Å². The van der Waals surface area contributed by atoms with Gasteiger partial charge in [-0.15, -0.1) is 0 Å². The molecule has 5 nitrogen and oxygen atoms in total. The maximum Gasteiger partial charge on any atom is 0.321 e. The lowest BCUT2D eigenvalue weighted by Gasteiger charge is -2.34. The fourth-order valence-electron chi connectivity index (χ4n) is 2.41. The van der Waals surface area contributed by atoms with Crippen LogP contribution in [0.4, 0.5) is 4.79 Å². The van der Waals surface area contributed by atoms with Crippen LogP contribution in [0, 0.1) is 5.92 Å². The standard InChI is InChI=1S/C13H23N3O2/c1-9-4-3-7-16(8-9)10(2)12(17)15-13(18)14-11-5-6-11/h9-11H,3-8H2,1-2H3,(H2,14,15,17,18). The first kappa shape index (κ1) is 13.3. The Labute approximate surface area is 108 Å². The molecule has 0 aromatic rings. The van der Waals surface area contributed by atoms with E-state index in [1.165, 1.54) is 6.42 Å². The van der Waals surface area contributed by atoms with Gasteiger partial charge < -0.3 is 5.32 Å². The van der Waals surface area contributed by atoms with Gasteiger partial charge in [-0.2, -0.15) is 0 Å². The minimum absolute atomic E-state index is 0.192. The first-order valence-electron chi connectivity index (χ1n) is 6.91. The monoisotopic (exact) mass is 253 g/mol. The maximum absolute atomic E-state index is 11.9. The largest absolute Gasteiger partial charge is 0.335 e. The molecule has 0 bridgehead atoms. The summed E-state index contributed by atoms with van der Waals surface area (Å²) < 4.78 is 0. The van der Waals surface area contributed by atoms with Crippen molar-refractivity contribution >= 4 is 11.9 Å². The number of carbonyl (C=O) groups is 2. The SMILES string of the molecule is CC1CCCN(C(C)C(=O)NC(=O)NC2CC2)C1. The zero-order valence-corrected chi connectivity index (χ0v) is 11.2. The molecule has 2 atom stereocenters. The van der Waals surface area contributed by atoms with Crippen LogP contribution in [0.2, 0.25) is 0 Å². The van der Waals surface area contributed by atoms with Gasteiger partial charge in [0.1, 0.15) is 0 Å². The molecule has 2 rings (SSSR count). The van der Waals surface area contributed by atoms with Gasteiger partial charge in [0.25, 0.3) is 0 Å². The van der Waals surface area contributed by atoms with E-state index in [2.05, 4.69) is 22.5 Å². The highest BCUT2D eigenvalue weighted by atomic mass is 16.2. The lowest BCUT2D eigenvalue weighted by Crippen LogP contribution is -2.52. The van der Waals surface area contributed by atoms with Crippen LogP contribution in [0.5, 0.6) is 0 Å². The van der Waals surface area contributed by atoms with Crippen LogP contribution in [0.15, 0.2) is 0 Å². The Balaban J connectivity index is 1.77. The van der Waals surface area contributed by atoms with Crippen molar-refractivity contribution in [2.45, 2.75) is 51.6 Å². The predicted octanol–water partition coefficient (Wildman–Crippen LogP) is 1.10. The van der Waals surface area contributed by atoms with E-state index in [4.69, 9.17) is 0 Å². The van der Waals surface area contributed by atoms with Gasteiger partial charge in [0.05, 0.1) is 6.04 Å². The molecule has 1 saturated carbocycles. The van der Waals surface area contributed by atoms with Gasteiger partial charge in [-0.05, 0) is 45.1 Å². The number of rotatable bonds is 3. The minimum Gasteiger partial charge on any atom is -0.335 e. The molecule has 0 aromatic carbocycles. The highest BCUT2D eigenvalue weighted by molar-refractivity contribution is 5.96. The molecule has 0 radical (unpaired) electrons. The number of piperidine rings is 1. The number of nitrogens with one attached hydrogen (secondary N) is 2. The van der Waals surface area contributed by atoms with Crippen molar-refractivity contribution in [1.82, 2.24) is 15.5 Å². The second-order valence-electron chi connectivity index (χ2n) is 5.66. The first-order valence-corrected chi connectivity index (χ1v) is 6.91. The van der Waals surface area contributed by atoms with E-state index >= 15 is 0 Å². The van der Waals surface area contributed by atoms with Gasteiger partial charge in [-0.3, -0.25) is 15.0 Å². The summed E-state index contributed by atoms with van der Waals surface area (Å²) in [6, 6.07) is -0.291. The Kier molecular flexibility index (Phi) is 4.22. The molecule has 2 aliphatic rings. The molecule has 102 valence electrons. The second-order valence-corrected chi connectivity index (χ2v) is 5.66. The molecule has 0 aromatic heterocycles. The van der Waals surface area contributed by atoms with Crippen molar-refractivity contribution < 1.29 is 9.59 Å². The predicted molar refractivity (Wildman–Crippen MR) is 69.1 cm³/mol. The Hall–Kier alpha value is -1.10. The summed E-state index contributed by atoms with van der Waals surface area (Å²) in [5.74, 6) is 0.441. The van der Waals surface area contributed by atoms with Crippen molar-refractivity contribution in [2.24, 2.45) is 5.92 Å². The fourth-order valence-corrected chi connectivity index (χ4v) is 2.41. The average Bonchev–Trinajstić information content (AvgIpc) is 3.11. The van der Waals surface area contributed by atoms with Crippen molar-refractivity contribution in [1.29, 1.82) is 0 Å². The third-order valence-electron chi connectivity index (χ3n) is 3.76. The van der Waals surface area contributed by atoms with Gasteiger partial charge >= 0.3 is 6.03 Å². The summed E-state index contributed by atoms with van der Waals surface area (Å²) in [5.41, 5.74) is 0. The lowest BCUT2D eigenvalue weighted by atomic mass is 9.99. The van der Waals surface area contributed by atoms with Gasteiger partial charge in [0, 0.05) is 12.6 Å². The summed E-state index contributed by atoms with van der Waals surface area (Å²) >= 11 is 0. The summed E-state index contributed by atoms with van der Waals surface area (Å²) in [6.45, 7) is 5.97. The number of imide groups is 1. The van der Waals surface area contributed by atoms with E-state index in [9.17, 15) is 9.59 Å². The molecule has 3 amide bonds. The van der Waals surface area contributed by atoms with Crippen LogP contribution in [0.25, 0.3) is 0 Å². The molecule has 1 aliphatic carbocycles.